The highest BCUT2D eigenvalue weighted by atomic mass is 16.5. The fraction of sp³-hybridized carbons (Fsp3) is 0.158. The van der Waals surface area contributed by atoms with Crippen LogP contribution >= 0.6 is 0 Å². The van der Waals surface area contributed by atoms with E-state index < -0.39 is 30.3 Å². The molecular formula is C19H19N3O5. The molecule has 2 rings (SSSR count). The number of carbonyl (C=O) groups is 4. The molecule has 27 heavy (non-hydrogen) atoms. The van der Waals surface area contributed by atoms with Crippen LogP contribution in [-0.2, 0) is 14.3 Å². The summed E-state index contributed by atoms with van der Waals surface area (Å²) in [7, 11) is 0. The standard InChI is InChI=1S/C19H19N3O5/c1-12-3-2-4-14(9-12)19(26)21-10-17(24)27-11-16(23)22-15-7-5-13(6-8-15)18(20)25/h2-9H,10-11H2,1H3,(H2,20,25)(H,21,26)(H,22,23). The molecule has 0 spiro atoms. The monoisotopic (exact) mass is 369 g/mol. The van der Waals surface area contributed by atoms with Gasteiger partial charge < -0.3 is 21.1 Å². The van der Waals surface area contributed by atoms with E-state index in [0.29, 0.717) is 16.8 Å². The van der Waals surface area contributed by atoms with Crippen molar-refractivity contribution in [1.82, 2.24) is 5.32 Å². The highest BCUT2D eigenvalue weighted by Gasteiger charge is 2.11. The zero-order valence-electron chi connectivity index (χ0n) is 14.7. The van der Waals surface area contributed by atoms with Crippen LogP contribution in [0.5, 0.6) is 0 Å². The van der Waals surface area contributed by atoms with E-state index in [1.807, 2.05) is 13.0 Å². The Morgan fingerprint density at radius 1 is 1.00 bits per heavy atom. The molecule has 0 bridgehead atoms. The van der Waals surface area contributed by atoms with Gasteiger partial charge in [0, 0.05) is 16.8 Å². The van der Waals surface area contributed by atoms with Gasteiger partial charge in [-0.15, -0.1) is 0 Å². The third-order valence-corrected chi connectivity index (χ3v) is 3.49. The SMILES string of the molecule is Cc1cccc(C(=O)NCC(=O)OCC(=O)Nc2ccc(C(N)=O)cc2)c1. The van der Waals surface area contributed by atoms with E-state index in [0.717, 1.165) is 5.56 Å². The summed E-state index contributed by atoms with van der Waals surface area (Å²) in [6.45, 7) is 0.995. The van der Waals surface area contributed by atoms with Crippen molar-refractivity contribution in [2.24, 2.45) is 5.73 Å². The summed E-state index contributed by atoms with van der Waals surface area (Å²) < 4.78 is 4.81. The van der Waals surface area contributed by atoms with Gasteiger partial charge in [0.1, 0.15) is 6.54 Å². The molecule has 0 unspecified atom stereocenters. The van der Waals surface area contributed by atoms with Crippen molar-refractivity contribution >= 4 is 29.4 Å². The Kier molecular flexibility index (Phi) is 6.65. The lowest BCUT2D eigenvalue weighted by Crippen LogP contribution is -2.32. The molecule has 0 radical (unpaired) electrons. The lowest BCUT2D eigenvalue weighted by molar-refractivity contribution is -0.146. The van der Waals surface area contributed by atoms with Gasteiger partial charge in [0.2, 0.25) is 5.91 Å². The van der Waals surface area contributed by atoms with Gasteiger partial charge in [-0.3, -0.25) is 19.2 Å². The first-order chi connectivity index (χ1) is 12.8. The van der Waals surface area contributed by atoms with Gasteiger partial charge in [-0.2, -0.15) is 0 Å². The number of primary amides is 1. The molecule has 0 saturated heterocycles. The van der Waals surface area contributed by atoms with E-state index in [4.69, 9.17) is 10.5 Å². The Morgan fingerprint density at radius 2 is 1.70 bits per heavy atom. The second kappa shape index (κ2) is 9.14. The number of amides is 3. The van der Waals surface area contributed by atoms with Crippen molar-refractivity contribution in [2.75, 3.05) is 18.5 Å². The average Bonchev–Trinajstić information content (AvgIpc) is 2.64. The molecule has 0 atom stereocenters. The molecule has 0 aliphatic rings. The molecule has 2 aromatic carbocycles. The molecule has 3 amide bonds. The molecule has 0 aliphatic heterocycles. The van der Waals surface area contributed by atoms with Gasteiger partial charge in [0.05, 0.1) is 0 Å². The van der Waals surface area contributed by atoms with Crippen molar-refractivity contribution in [1.29, 1.82) is 0 Å². The highest BCUT2D eigenvalue weighted by molar-refractivity contribution is 5.97. The summed E-state index contributed by atoms with van der Waals surface area (Å²) in [5.41, 5.74) is 7.21. The summed E-state index contributed by atoms with van der Waals surface area (Å²) in [6, 6.07) is 12.8. The summed E-state index contributed by atoms with van der Waals surface area (Å²) in [5, 5.41) is 4.93. The summed E-state index contributed by atoms with van der Waals surface area (Å²) in [5.74, 6) is -2.28. The Balaban J connectivity index is 1.73. The zero-order valence-corrected chi connectivity index (χ0v) is 14.7. The van der Waals surface area contributed by atoms with Crippen LogP contribution in [0.15, 0.2) is 48.5 Å². The van der Waals surface area contributed by atoms with Gasteiger partial charge in [-0.1, -0.05) is 17.7 Å². The fourth-order valence-corrected chi connectivity index (χ4v) is 2.15. The minimum Gasteiger partial charge on any atom is -0.454 e. The molecule has 0 aromatic heterocycles. The van der Waals surface area contributed by atoms with E-state index in [2.05, 4.69) is 10.6 Å². The maximum absolute atomic E-state index is 11.9. The van der Waals surface area contributed by atoms with Crippen LogP contribution in [0, 0.1) is 6.92 Å². The fourth-order valence-electron chi connectivity index (χ4n) is 2.15. The quantitative estimate of drug-likeness (QED) is 0.628. The van der Waals surface area contributed by atoms with Crippen LogP contribution in [0.2, 0.25) is 0 Å². The molecule has 0 aliphatic carbocycles. The number of esters is 1. The second-order valence-corrected chi connectivity index (χ2v) is 5.70. The van der Waals surface area contributed by atoms with Crippen molar-refractivity contribution in [3.63, 3.8) is 0 Å². The summed E-state index contributed by atoms with van der Waals surface area (Å²) >= 11 is 0. The predicted molar refractivity (Wildman–Crippen MR) is 98.1 cm³/mol. The zero-order chi connectivity index (χ0) is 19.8. The van der Waals surface area contributed by atoms with Crippen molar-refractivity contribution in [3.8, 4) is 0 Å². The largest absolute Gasteiger partial charge is 0.454 e. The maximum Gasteiger partial charge on any atom is 0.325 e. The van der Waals surface area contributed by atoms with E-state index >= 15 is 0 Å². The lowest BCUT2D eigenvalue weighted by Gasteiger charge is -2.08. The first kappa shape index (κ1) is 19.6. The number of aryl methyl sites for hydroxylation is 1. The van der Waals surface area contributed by atoms with Crippen LogP contribution in [-0.4, -0.2) is 36.8 Å². The number of hydrogen-bond donors (Lipinski definition) is 3. The minimum absolute atomic E-state index is 0.309. The van der Waals surface area contributed by atoms with Crippen LogP contribution in [0.4, 0.5) is 5.69 Å². The number of rotatable bonds is 7. The molecule has 0 fully saturated rings. The van der Waals surface area contributed by atoms with E-state index in [9.17, 15) is 19.2 Å². The third-order valence-electron chi connectivity index (χ3n) is 3.49. The number of anilines is 1. The number of nitrogens with two attached hydrogens (primary N) is 1. The Morgan fingerprint density at radius 3 is 2.33 bits per heavy atom. The third kappa shape index (κ3) is 6.28. The van der Waals surface area contributed by atoms with Crippen molar-refractivity contribution < 1.29 is 23.9 Å². The predicted octanol–water partition coefficient (Wildman–Crippen LogP) is 1.01. The molecule has 4 N–H and O–H groups in total. The lowest BCUT2D eigenvalue weighted by atomic mass is 10.1. The van der Waals surface area contributed by atoms with Gasteiger partial charge in [-0.05, 0) is 43.3 Å². The molecule has 2 aromatic rings. The van der Waals surface area contributed by atoms with Gasteiger partial charge in [-0.25, -0.2) is 0 Å². The Bertz CT molecular complexity index is 862. The van der Waals surface area contributed by atoms with E-state index in [1.165, 1.54) is 24.3 Å². The van der Waals surface area contributed by atoms with E-state index in [1.54, 1.807) is 18.2 Å². The first-order valence-electron chi connectivity index (χ1n) is 8.05. The maximum atomic E-state index is 11.9. The van der Waals surface area contributed by atoms with Crippen molar-refractivity contribution in [3.05, 3.63) is 65.2 Å². The normalized spacial score (nSPS) is 9.96. The number of hydrogen-bond acceptors (Lipinski definition) is 5. The van der Waals surface area contributed by atoms with Crippen LogP contribution in [0.1, 0.15) is 26.3 Å². The van der Waals surface area contributed by atoms with Gasteiger partial charge in [0.15, 0.2) is 6.61 Å². The van der Waals surface area contributed by atoms with Crippen LogP contribution in [0.3, 0.4) is 0 Å². The second-order valence-electron chi connectivity index (χ2n) is 5.70. The van der Waals surface area contributed by atoms with Crippen LogP contribution in [0.25, 0.3) is 0 Å². The number of carbonyl (C=O) groups excluding carboxylic acids is 4. The smallest absolute Gasteiger partial charge is 0.325 e. The Labute approximate surface area is 155 Å². The van der Waals surface area contributed by atoms with Crippen molar-refractivity contribution in [2.45, 2.75) is 6.92 Å². The van der Waals surface area contributed by atoms with Gasteiger partial charge >= 0.3 is 5.97 Å². The average molecular weight is 369 g/mol. The highest BCUT2D eigenvalue weighted by Crippen LogP contribution is 2.09. The first-order valence-corrected chi connectivity index (χ1v) is 8.05. The topological polar surface area (TPSA) is 128 Å². The summed E-state index contributed by atoms with van der Waals surface area (Å²) in [4.78, 5) is 46.3. The number of nitrogens with one attached hydrogen (secondary N) is 2. The minimum atomic E-state index is -0.741. The molecular weight excluding hydrogens is 350 g/mol. The van der Waals surface area contributed by atoms with E-state index in [-0.39, 0.29) is 6.54 Å². The molecule has 8 heteroatoms. The molecule has 140 valence electrons. The molecule has 8 nitrogen and oxygen atoms in total. The molecule has 0 heterocycles. The molecule has 0 saturated carbocycles. The number of benzene rings is 2. The van der Waals surface area contributed by atoms with Gasteiger partial charge in [0.25, 0.3) is 11.8 Å². The Hall–Kier alpha value is -3.68. The number of ether oxygens (including phenoxy) is 1. The van der Waals surface area contributed by atoms with Crippen LogP contribution < -0.4 is 16.4 Å². The summed E-state index contributed by atoms with van der Waals surface area (Å²) in [6.07, 6.45) is 0.